The molecule has 0 aliphatic heterocycles. The Morgan fingerprint density at radius 2 is 1.70 bits per heavy atom. The molecule has 0 fully saturated rings. The van der Waals surface area contributed by atoms with Crippen LogP contribution in [-0.2, 0) is 6.42 Å². The molecular formula is C21H18ClN3OS. The Hall–Kier alpha value is -2.50. The highest BCUT2D eigenvalue weighted by molar-refractivity contribution is 7.10. The third-order valence-corrected chi connectivity index (χ3v) is 5.64. The number of benzene rings is 2. The zero-order valence-corrected chi connectivity index (χ0v) is 16.9. The quantitative estimate of drug-likeness (QED) is 0.423. The fraction of sp³-hybridized carbons (Fsp3) is 0.190. The lowest BCUT2D eigenvalue weighted by Crippen LogP contribution is -1.91. The van der Waals surface area contributed by atoms with Crippen LogP contribution in [0.5, 0.6) is 0 Å². The second-order valence-corrected chi connectivity index (χ2v) is 7.95. The molecule has 0 amide bonds. The third kappa shape index (κ3) is 3.80. The summed E-state index contributed by atoms with van der Waals surface area (Å²) in [7, 11) is 0. The number of aryl methyl sites for hydroxylation is 3. The predicted molar refractivity (Wildman–Crippen MR) is 109 cm³/mol. The molecule has 0 aliphatic carbocycles. The smallest absolute Gasteiger partial charge is 0.233 e. The molecule has 2 aromatic carbocycles. The summed E-state index contributed by atoms with van der Waals surface area (Å²) >= 11 is 7.53. The average molecular weight is 396 g/mol. The van der Waals surface area contributed by atoms with Gasteiger partial charge in [0.05, 0.1) is 12.1 Å². The molecule has 4 aromatic rings. The van der Waals surface area contributed by atoms with E-state index in [2.05, 4.69) is 48.4 Å². The van der Waals surface area contributed by atoms with Crippen molar-refractivity contribution >= 4 is 22.9 Å². The van der Waals surface area contributed by atoms with Crippen LogP contribution in [0.25, 0.3) is 22.6 Å². The molecule has 2 aromatic heterocycles. The molecule has 0 spiro atoms. The molecule has 0 N–H and O–H groups in total. The van der Waals surface area contributed by atoms with Gasteiger partial charge in [-0.25, -0.2) is 4.98 Å². The maximum Gasteiger partial charge on any atom is 0.233 e. The van der Waals surface area contributed by atoms with Crippen molar-refractivity contribution in [2.24, 2.45) is 0 Å². The number of hydrogen-bond donors (Lipinski definition) is 0. The SMILES string of the molecule is Cc1cc(C)c(-c2csc(Cc3nc(-c4ccc(Cl)cc4)no3)n2)cc1C. The number of thiazole rings is 1. The second kappa shape index (κ2) is 7.25. The van der Waals surface area contributed by atoms with Crippen molar-refractivity contribution in [1.82, 2.24) is 15.1 Å². The van der Waals surface area contributed by atoms with Crippen molar-refractivity contribution in [3.05, 3.63) is 74.4 Å². The van der Waals surface area contributed by atoms with Crippen LogP contribution in [0.2, 0.25) is 5.02 Å². The first-order chi connectivity index (χ1) is 13.0. The van der Waals surface area contributed by atoms with Crippen LogP contribution in [0.3, 0.4) is 0 Å². The lowest BCUT2D eigenvalue weighted by molar-refractivity contribution is 0.385. The Bertz CT molecular complexity index is 1100. The Balaban J connectivity index is 1.55. The lowest BCUT2D eigenvalue weighted by atomic mass is 9.99. The Morgan fingerprint density at radius 1 is 0.963 bits per heavy atom. The summed E-state index contributed by atoms with van der Waals surface area (Å²) in [5.74, 6) is 1.11. The molecular weight excluding hydrogens is 378 g/mol. The van der Waals surface area contributed by atoms with Gasteiger partial charge >= 0.3 is 0 Å². The highest BCUT2D eigenvalue weighted by Gasteiger charge is 2.13. The maximum atomic E-state index is 5.92. The molecule has 27 heavy (non-hydrogen) atoms. The van der Waals surface area contributed by atoms with Gasteiger partial charge in [-0.05, 0) is 67.8 Å². The minimum Gasteiger partial charge on any atom is -0.339 e. The average Bonchev–Trinajstić information content (AvgIpc) is 3.29. The second-order valence-electron chi connectivity index (χ2n) is 6.57. The first-order valence-electron chi connectivity index (χ1n) is 8.61. The summed E-state index contributed by atoms with van der Waals surface area (Å²) in [4.78, 5) is 9.25. The molecule has 0 saturated heterocycles. The van der Waals surface area contributed by atoms with Gasteiger partial charge in [0.25, 0.3) is 0 Å². The largest absolute Gasteiger partial charge is 0.339 e. The van der Waals surface area contributed by atoms with Crippen LogP contribution >= 0.6 is 22.9 Å². The van der Waals surface area contributed by atoms with Crippen LogP contribution in [-0.4, -0.2) is 15.1 Å². The Labute approximate surface area is 166 Å². The fourth-order valence-electron chi connectivity index (χ4n) is 2.92. The molecule has 0 aliphatic rings. The highest BCUT2D eigenvalue weighted by Crippen LogP contribution is 2.28. The molecule has 4 rings (SSSR count). The number of halogens is 1. The van der Waals surface area contributed by atoms with Crippen LogP contribution < -0.4 is 0 Å². The van der Waals surface area contributed by atoms with Gasteiger partial charge in [-0.1, -0.05) is 22.8 Å². The monoisotopic (exact) mass is 395 g/mol. The molecule has 0 radical (unpaired) electrons. The van der Waals surface area contributed by atoms with E-state index in [0.717, 1.165) is 16.3 Å². The zero-order chi connectivity index (χ0) is 19.0. The van der Waals surface area contributed by atoms with E-state index in [-0.39, 0.29) is 0 Å². The van der Waals surface area contributed by atoms with Gasteiger partial charge in [0, 0.05) is 21.5 Å². The minimum absolute atomic E-state index is 0.523. The lowest BCUT2D eigenvalue weighted by Gasteiger charge is -2.07. The highest BCUT2D eigenvalue weighted by atomic mass is 35.5. The van der Waals surface area contributed by atoms with Crippen molar-refractivity contribution in [3.8, 4) is 22.6 Å². The third-order valence-electron chi connectivity index (χ3n) is 4.54. The minimum atomic E-state index is 0.523. The maximum absolute atomic E-state index is 5.92. The molecule has 0 bridgehead atoms. The van der Waals surface area contributed by atoms with Crippen molar-refractivity contribution in [2.45, 2.75) is 27.2 Å². The molecule has 6 heteroatoms. The van der Waals surface area contributed by atoms with Gasteiger partial charge in [0.2, 0.25) is 11.7 Å². The van der Waals surface area contributed by atoms with Gasteiger partial charge in [0.15, 0.2) is 0 Å². The van der Waals surface area contributed by atoms with E-state index in [1.165, 1.54) is 22.3 Å². The van der Waals surface area contributed by atoms with Gasteiger partial charge in [-0.15, -0.1) is 11.3 Å². The van der Waals surface area contributed by atoms with E-state index in [1.807, 2.05) is 24.3 Å². The number of rotatable bonds is 4. The number of hydrogen-bond acceptors (Lipinski definition) is 5. The Kier molecular flexibility index (Phi) is 4.81. The van der Waals surface area contributed by atoms with Gasteiger partial charge in [-0.3, -0.25) is 0 Å². The summed E-state index contributed by atoms with van der Waals surface area (Å²) in [6.45, 7) is 6.38. The molecule has 136 valence electrons. The van der Waals surface area contributed by atoms with Crippen LogP contribution in [0.4, 0.5) is 0 Å². The van der Waals surface area contributed by atoms with E-state index < -0.39 is 0 Å². The van der Waals surface area contributed by atoms with E-state index in [4.69, 9.17) is 21.1 Å². The first-order valence-corrected chi connectivity index (χ1v) is 9.86. The van der Waals surface area contributed by atoms with E-state index in [9.17, 15) is 0 Å². The fourth-order valence-corrected chi connectivity index (χ4v) is 3.84. The van der Waals surface area contributed by atoms with Crippen molar-refractivity contribution in [1.29, 1.82) is 0 Å². The first kappa shape index (κ1) is 17.9. The van der Waals surface area contributed by atoms with Crippen molar-refractivity contribution < 1.29 is 4.52 Å². The van der Waals surface area contributed by atoms with Gasteiger partial charge < -0.3 is 4.52 Å². The normalized spacial score (nSPS) is 11.1. The van der Waals surface area contributed by atoms with Gasteiger partial charge in [-0.2, -0.15) is 4.98 Å². The van der Waals surface area contributed by atoms with Crippen molar-refractivity contribution in [3.63, 3.8) is 0 Å². The summed E-state index contributed by atoms with van der Waals surface area (Å²) in [6, 6.07) is 11.8. The summed E-state index contributed by atoms with van der Waals surface area (Å²) < 4.78 is 5.40. The predicted octanol–water partition coefficient (Wildman–Crippen LogP) is 6.03. The molecule has 0 unspecified atom stereocenters. The summed E-state index contributed by atoms with van der Waals surface area (Å²) in [5.41, 5.74) is 6.85. The molecule has 2 heterocycles. The van der Waals surface area contributed by atoms with E-state index in [0.29, 0.717) is 23.2 Å². The Morgan fingerprint density at radius 3 is 2.48 bits per heavy atom. The van der Waals surface area contributed by atoms with Crippen molar-refractivity contribution in [2.75, 3.05) is 0 Å². The van der Waals surface area contributed by atoms with Gasteiger partial charge in [0.1, 0.15) is 5.01 Å². The zero-order valence-electron chi connectivity index (χ0n) is 15.3. The standard InChI is InChI=1S/C21H18ClN3OS/c1-12-8-14(3)17(9-13(12)2)18-11-27-20(23-18)10-19-24-21(25-26-19)15-4-6-16(22)7-5-15/h4-9,11H,10H2,1-3H3. The molecule has 0 atom stereocenters. The van der Waals surface area contributed by atoms with Crippen LogP contribution in [0.1, 0.15) is 27.6 Å². The molecule has 4 nitrogen and oxygen atoms in total. The molecule has 0 saturated carbocycles. The number of aromatic nitrogens is 3. The van der Waals surface area contributed by atoms with E-state index >= 15 is 0 Å². The van der Waals surface area contributed by atoms with Crippen LogP contribution in [0, 0.1) is 20.8 Å². The summed E-state index contributed by atoms with van der Waals surface area (Å²) in [5, 5.41) is 7.78. The topological polar surface area (TPSA) is 51.8 Å². The van der Waals surface area contributed by atoms with E-state index in [1.54, 1.807) is 11.3 Å². The number of nitrogens with zero attached hydrogens (tertiary/aromatic N) is 3. The van der Waals surface area contributed by atoms with Crippen LogP contribution in [0.15, 0.2) is 46.3 Å². The summed E-state index contributed by atoms with van der Waals surface area (Å²) in [6.07, 6.45) is 0.523.